The zero-order valence-corrected chi connectivity index (χ0v) is 29.2. The van der Waals surface area contributed by atoms with E-state index in [2.05, 4.69) is 205 Å². The van der Waals surface area contributed by atoms with Gasteiger partial charge in [-0.3, -0.25) is 0 Å². The van der Waals surface area contributed by atoms with Crippen LogP contribution in [0, 0.1) is 0 Å². The van der Waals surface area contributed by atoms with Gasteiger partial charge in [0, 0.05) is 37.2 Å². The predicted molar refractivity (Wildman–Crippen MR) is 225 cm³/mol. The van der Waals surface area contributed by atoms with Gasteiger partial charge >= 0.3 is 0 Å². The third kappa shape index (κ3) is 5.33. The van der Waals surface area contributed by atoms with Crippen molar-refractivity contribution in [2.24, 2.45) is 0 Å². The van der Waals surface area contributed by atoms with Crippen molar-refractivity contribution in [2.45, 2.75) is 0 Å². The molecule has 0 spiro atoms. The maximum atomic E-state index is 2.39. The van der Waals surface area contributed by atoms with Crippen LogP contribution in [-0.2, 0) is 0 Å². The summed E-state index contributed by atoms with van der Waals surface area (Å²) in [4.78, 5) is 2.39. The lowest BCUT2D eigenvalue weighted by atomic mass is 9.91. The molecule has 10 aromatic rings. The van der Waals surface area contributed by atoms with Crippen molar-refractivity contribution >= 4 is 70.1 Å². The number of fused-ring (bicyclic) bond motifs is 5. The molecule has 0 aliphatic rings. The molecule has 0 unspecified atom stereocenters. The molecular weight excluding hydrogens is 647 g/mol. The molecule has 2 heteroatoms. The Balaban J connectivity index is 1.10. The highest BCUT2D eigenvalue weighted by Crippen LogP contribution is 2.43. The molecule has 0 aliphatic carbocycles. The maximum absolute atomic E-state index is 2.39. The Bertz CT molecular complexity index is 2880. The number of benzene rings is 9. The third-order valence-electron chi connectivity index (χ3n) is 10.3. The van der Waals surface area contributed by atoms with Crippen LogP contribution in [0.25, 0.3) is 75.1 Å². The molecule has 1 aromatic heterocycles. The Morgan fingerprint density at radius 1 is 0.288 bits per heavy atom. The van der Waals surface area contributed by atoms with Gasteiger partial charge in [-0.1, -0.05) is 146 Å². The van der Waals surface area contributed by atoms with Gasteiger partial charge in [-0.2, -0.15) is 0 Å². The minimum absolute atomic E-state index is 1.11. The molecule has 0 fully saturated rings. The molecule has 0 aliphatic heterocycles. The van der Waals surface area contributed by atoms with E-state index < -0.39 is 0 Å². The second-order valence-corrected chi connectivity index (χ2v) is 14.4. The van der Waals surface area contributed by atoms with Crippen LogP contribution in [0.3, 0.4) is 0 Å². The Morgan fingerprint density at radius 2 is 0.788 bits per heavy atom. The average molecular weight is 680 g/mol. The second-order valence-electron chi connectivity index (χ2n) is 13.3. The quantitative estimate of drug-likeness (QED) is 0.169. The number of rotatable bonds is 6. The highest BCUT2D eigenvalue weighted by atomic mass is 32.1. The van der Waals surface area contributed by atoms with Crippen molar-refractivity contribution in [3.8, 4) is 33.4 Å². The summed E-state index contributed by atoms with van der Waals surface area (Å²) in [6.07, 6.45) is 0. The van der Waals surface area contributed by atoms with E-state index in [1.807, 2.05) is 11.3 Å². The van der Waals surface area contributed by atoms with Crippen molar-refractivity contribution in [3.05, 3.63) is 200 Å². The number of thiophene rings is 1. The molecular formula is C50H33NS. The van der Waals surface area contributed by atoms with E-state index in [1.165, 1.54) is 75.1 Å². The van der Waals surface area contributed by atoms with E-state index in [4.69, 9.17) is 0 Å². The van der Waals surface area contributed by atoms with E-state index in [0.717, 1.165) is 17.1 Å². The van der Waals surface area contributed by atoms with Crippen LogP contribution in [0.15, 0.2) is 200 Å². The Kier molecular flexibility index (Phi) is 7.41. The van der Waals surface area contributed by atoms with Gasteiger partial charge < -0.3 is 4.90 Å². The van der Waals surface area contributed by atoms with Crippen LogP contribution < -0.4 is 4.90 Å². The minimum Gasteiger partial charge on any atom is -0.310 e. The summed E-state index contributed by atoms with van der Waals surface area (Å²) < 4.78 is 2.60. The Morgan fingerprint density at radius 3 is 1.48 bits per heavy atom. The zero-order valence-electron chi connectivity index (χ0n) is 28.4. The Labute approximate surface area is 307 Å². The fourth-order valence-electron chi connectivity index (χ4n) is 7.69. The second kappa shape index (κ2) is 12.7. The molecule has 0 amide bonds. The van der Waals surface area contributed by atoms with Gasteiger partial charge in [0.25, 0.3) is 0 Å². The maximum Gasteiger partial charge on any atom is 0.0476 e. The van der Waals surface area contributed by atoms with Gasteiger partial charge in [0.1, 0.15) is 0 Å². The lowest BCUT2D eigenvalue weighted by Gasteiger charge is -2.26. The molecule has 0 saturated heterocycles. The zero-order chi connectivity index (χ0) is 34.4. The number of hydrogen-bond acceptors (Lipinski definition) is 2. The summed E-state index contributed by atoms with van der Waals surface area (Å²) in [5.74, 6) is 0. The molecule has 0 bridgehead atoms. The normalized spacial score (nSPS) is 11.5. The van der Waals surface area contributed by atoms with E-state index in [-0.39, 0.29) is 0 Å². The van der Waals surface area contributed by atoms with Gasteiger partial charge in [0.2, 0.25) is 0 Å². The summed E-state index contributed by atoms with van der Waals surface area (Å²) in [5, 5.41) is 7.63. The van der Waals surface area contributed by atoms with E-state index in [1.54, 1.807) is 0 Å². The average Bonchev–Trinajstić information content (AvgIpc) is 3.59. The van der Waals surface area contributed by atoms with Crippen molar-refractivity contribution < 1.29 is 0 Å². The number of nitrogens with zero attached hydrogens (tertiary/aromatic N) is 1. The van der Waals surface area contributed by atoms with Gasteiger partial charge in [-0.25, -0.2) is 0 Å². The van der Waals surface area contributed by atoms with Gasteiger partial charge in [-0.15, -0.1) is 11.3 Å². The molecule has 1 nitrogen and oxygen atoms in total. The largest absolute Gasteiger partial charge is 0.310 e. The first kappa shape index (κ1) is 30.4. The van der Waals surface area contributed by atoms with Crippen LogP contribution in [0.4, 0.5) is 17.1 Å². The van der Waals surface area contributed by atoms with E-state index in [0.29, 0.717) is 0 Å². The van der Waals surface area contributed by atoms with Crippen molar-refractivity contribution in [2.75, 3.05) is 4.90 Å². The molecule has 0 radical (unpaired) electrons. The standard InChI is InChI=1S/C50H33NS/c1-2-11-35(12-3-1)47-31-38-14-4-5-15-39(38)32-48(47)37-23-27-41(28-24-37)51(42-29-30-46-45-18-8-9-20-49(45)52-50(46)33-42)40-25-21-36(22-26-40)44-19-10-16-34-13-6-7-17-43(34)44/h1-33H. The number of anilines is 3. The van der Waals surface area contributed by atoms with E-state index in [9.17, 15) is 0 Å². The smallest absolute Gasteiger partial charge is 0.0476 e. The molecule has 10 rings (SSSR count). The molecule has 9 aromatic carbocycles. The summed E-state index contributed by atoms with van der Waals surface area (Å²) in [7, 11) is 0. The SMILES string of the molecule is c1ccc(-c2cc3ccccc3cc2-c2ccc(N(c3ccc(-c4cccc5ccccc45)cc3)c3ccc4c(c3)sc3ccccc34)cc2)cc1. The molecule has 0 N–H and O–H groups in total. The molecule has 52 heavy (non-hydrogen) atoms. The molecule has 0 atom stereocenters. The van der Waals surface area contributed by atoms with Gasteiger partial charge in [0.15, 0.2) is 0 Å². The summed E-state index contributed by atoms with van der Waals surface area (Å²) >= 11 is 1.86. The van der Waals surface area contributed by atoms with Crippen molar-refractivity contribution in [3.63, 3.8) is 0 Å². The summed E-state index contributed by atoms with van der Waals surface area (Å²) in [6, 6.07) is 73.0. The van der Waals surface area contributed by atoms with Crippen molar-refractivity contribution in [1.82, 2.24) is 0 Å². The predicted octanol–water partition coefficient (Wildman–Crippen LogP) is 14.8. The third-order valence-corrected chi connectivity index (χ3v) is 11.4. The highest BCUT2D eigenvalue weighted by Gasteiger charge is 2.17. The summed E-state index contributed by atoms with van der Waals surface area (Å²) in [6.45, 7) is 0. The Hall–Kier alpha value is -6.48. The lowest BCUT2D eigenvalue weighted by molar-refractivity contribution is 1.29. The first-order valence-electron chi connectivity index (χ1n) is 17.8. The van der Waals surface area contributed by atoms with Gasteiger partial charge in [0.05, 0.1) is 0 Å². The topological polar surface area (TPSA) is 3.24 Å². The fraction of sp³-hybridized carbons (Fsp3) is 0. The number of hydrogen-bond donors (Lipinski definition) is 0. The molecule has 0 saturated carbocycles. The van der Waals surface area contributed by atoms with Crippen molar-refractivity contribution in [1.29, 1.82) is 0 Å². The summed E-state index contributed by atoms with van der Waals surface area (Å²) in [5.41, 5.74) is 10.7. The minimum atomic E-state index is 1.11. The van der Waals surface area contributed by atoms with Crippen LogP contribution in [0.5, 0.6) is 0 Å². The van der Waals surface area contributed by atoms with Crippen LogP contribution in [-0.4, -0.2) is 0 Å². The fourth-order valence-corrected chi connectivity index (χ4v) is 8.83. The first-order chi connectivity index (χ1) is 25.8. The highest BCUT2D eigenvalue weighted by molar-refractivity contribution is 7.25. The van der Waals surface area contributed by atoms with Crippen LogP contribution >= 0.6 is 11.3 Å². The van der Waals surface area contributed by atoms with Crippen LogP contribution in [0.1, 0.15) is 0 Å². The molecule has 1 heterocycles. The first-order valence-corrected chi connectivity index (χ1v) is 18.6. The monoisotopic (exact) mass is 679 g/mol. The lowest BCUT2D eigenvalue weighted by Crippen LogP contribution is -2.09. The van der Waals surface area contributed by atoms with Crippen LogP contribution in [0.2, 0.25) is 0 Å². The molecule has 244 valence electrons. The van der Waals surface area contributed by atoms with Gasteiger partial charge in [-0.05, 0) is 110 Å². The van der Waals surface area contributed by atoms with E-state index >= 15 is 0 Å².